The summed E-state index contributed by atoms with van der Waals surface area (Å²) in [5, 5.41) is 11.0. The maximum Gasteiger partial charge on any atom is 0.181 e. The summed E-state index contributed by atoms with van der Waals surface area (Å²) in [6, 6.07) is 5.32. The summed E-state index contributed by atoms with van der Waals surface area (Å²) in [5.74, 6) is 0.109. The third kappa shape index (κ3) is 1.84. The number of hydrogen-bond acceptors (Lipinski definition) is 0. The standard InChI is InChI=1S/C10H11O/c1-3-4-9-5-6-10(11)8(2)7-9/h3-7H,1-2H3/b4-3-. The van der Waals surface area contributed by atoms with Crippen molar-refractivity contribution in [2.75, 3.05) is 0 Å². The quantitative estimate of drug-likeness (QED) is 0.581. The van der Waals surface area contributed by atoms with Gasteiger partial charge in [-0.15, -0.1) is 0 Å². The van der Waals surface area contributed by atoms with E-state index in [0.29, 0.717) is 0 Å². The van der Waals surface area contributed by atoms with Gasteiger partial charge < -0.3 is 0 Å². The van der Waals surface area contributed by atoms with E-state index in [1.807, 2.05) is 38.1 Å². The van der Waals surface area contributed by atoms with Crippen LogP contribution >= 0.6 is 0 Å². The van der Waals surface area contributed by atoms with Gasteiger partial charge in [-0.3, -0.25) is 5.11 Å². The van der Waals surface area contributed by atoms with Gasteiger partial charge in [0.15, 0.2) is 5.75 Å². The Kier molecular flexibility index (Phi) is 2.32. The lowest BCUT2D eigenvalue weighted by atomic mass is 10.1. The molecule has 0 spiro atoms. The predicted octanol–water partition coefficient (Wildman–Crippen LogP) is 3.17. The zero-order valence-electron chi connectivity index (χ0n) is 6.79. The Morgan fingerprint density at radius 2 is 2.09 bits per heavy atom. The molecule has 1 aromatic carbocycles. The Bertz CT molecular complexity index is 274. The lowest BCUT2D eigenvalue weighted by Crippen LogP contribution is -1.75. The van der Waals surface area contributed by atoms with Gasteiger partial charge in [0, 0.05) is 0 Å². The molecule has 1 rings (SSSR count). The van der Waals surface area contributed by atoms with E-state index in [2.05, 4.69) is 0 Å². The Balaban J connectivity index is 3.05. The Morgan fingerprint density at radius 1 is 1.36 bits per heavy atom. The number of rotatable bonds is 1. The summed E-state index contributed by atoms with van der Waals surface area (Å²) >= 11 is 0. The van der Waals surface area contributed by atoms with Crippen molar-refractivity contribution in [3.8, 4) is 5.75 Å². The van der Waals surface area contributed by atoms with Crippen molar-refractivity contribution < 1.29 is 5.11 Å². The molecule has 0 aliphatic rings. The molecule has 0 saturated heterocycles. The van der Waals surface area contributed by atoms with Gasteiger partial charge in [0.25, 0.3) is 0 Å². The number of allylic oxidation sites excluding steroid dienone is 1. The van der Waals surface area contributed by atoms with Crippen molar-refractivity contribution in [1.29, 1.82) is 0 Å². The molecule has 0 saturated carbocycles. The van der Waals surface area contributed by atoms with Crippen LogP contribution in [0.25, 0.3) is 6.08 Å². The fourth-order valence-corrected chi connectivity index (χ4v) is 0.969. The minimum absolute atomic E-state index is 0.109. The fourth-order valence-electron chi connectivity index (χ4n) is 0.969. The van der Waals surface area contributed by atoms with Crippen LogP contribution in [0.3, 0.4) is 0 Å². The highest BCUT2D eigenvalue weighted by atomic mass is 16.3. The summed E-state index contributed by atoms with van der Waals surface area (Å²) in [6.45, 7) is 3.79. The average Bonchev–Trinajstić information content (AvgIpc) is 1.98. The molecule has 0 bridgehead atoms. The van der Waals surface area contributed by atoms with Crippen LogP contribution in [0.1, 0.15) is 18.1 Å². The Morgan fingerprint density at radius 3 is 2.64 bits per heavy atom. The molecule has 1 aromatic rings. The second-order valence-corrected chi connectivity index (χ2v) is 2.52. The molecule has 0 N–H and O–H groups in total. The highest BCUT2D eigenvalue weighted by Crippen LogP contribution is 2.18. The molecule has 1 radical (unpaired) electrons. The molecule has 0 aliphatic heterocycles. The molecule has 0 amide bonds. The lowest BCUT2D eigenvalue weighted by molar-refractivity contribution is 0.352. The summed E-state index contributed by atoms with van der Waals surface area (Å²) < 4.78 is 0. The normalized spacial score (nSPS) is 10.7. The van der Waals surface area contributed by atoms with E-state index in [-0.39, 0.29) is 5.75 Å². The summed E-state index contributed by atoms with van der Waals surface area (Å²) in [4.78, 5) is 0. The van der Waals surface area contributed by atoms with Crippen LogP contribution in [-0.2, 0) is 5.11 Å². The molecular weight excluding hydrogens is 136 g/mol. The topological polar surface area (TPSA) is 19.9 Å². The van der Waals surface area contributed by atoms with Crippen molar-refractivity contribution in [2.45, 2.75) is 13.8 Å². The van der Waals surface area contributed by atoms with E-state index in [4.69, 9.17) is 0 Å². The van der Waals surface area contributed by atoms with E-state index >= 15 is 0 Å². The molecule has 0 atom stereocenters. The summed E-state index contributed by atoms with van der Waals surface area (Å²) in [5.41, 5.74) is 1.89. The van der Waals surface area contributed by atoms with Crippen molar-refractivity contribution in [1.82, 2.24) is 0 Å². The van der Waals surface area contributed by atoms with Crippen LogP contribution < -0.4 is 0 Å². The van der Waals surface area contributed by atoms with Crippen LogP contribution in [0, 0.1) is 6.92 Å². The average molecular weight is 147 g/mol. The minimum atomic E-state index is 0.109. The van der Waals surface area contributed by atoms with Crippen molar-refractivity contribution in [3.63, 3.8) is 0 Å². The smallest absolute Gasteiger partial charge is 0.181 e. The van der Waals surface area contributed by atoms with Crippen LogP contribution in [0.15, 0.2) is 24.3 Å². The van der Waals surface area contributed by atoms with Gasteiger partial charge in [-0.2, -0.15) is 0 Å². The van der Waals surface area contributed by atoms with Crippen LogP contribution in [0.4, 0.5) is 0 Å². The molecule has 0 aliphatic carbocycles. The fraction of sp³-hybridized carbons (Fsp3) is 0.200. The van der Waals surface area contributed by atoms with Crippen LogP contribution in [0.5, 0.6) is 5.75 Å². The van der Waals surface area contributed by atoms with Crippen LogP contribution in [0.2, 0.25) is 0 Å². The van der Waals surface area contributed by atoms with Gasteiger partial charge in [-0.25, -0.2) is 0 Å². The zero-order valence-corrected chi connectivity index (χ0v) is 6.79. The first kappa shape index (κ1) is 7.86. The molecule has 1 nitrogen and oxygen atoms in total. The molecule has 1 heteroatoms. The van der Waals surface area contributed by atoms with Crippen molar-refractivity contribution >= 4 is 6.08 Å². The van der Waals surface area contributed by atoms with Crippen molar-refractivity contribution in [3.05, 3.63) is 35.4 Å². The third-order valence-corrected chi connectivity index (χ3v) is 1.56. The predicted molar refractivity (Wildman–Crippen MR) is 46.0 cm³/mol. The van der Waals surface area contributed by atoms with E-state index < -0.39 is 0 Å². The van der Waals surface area contributed by atoms with Gasteiger partial charge in [-0.05, 0) is 37.1 Å². The Labute approximate surface area is 67.0 Å². The first-order valence-corrected chi connectivity index (χ1v) is 3.64. The molecule has 57 valence electrons. The SMILES string of the molecule is C/C=C\c1ccc([O])c(C)c1. The second-order valence-electron chi connectivity index (χ2n) is 2.52. The number of benzene rings is 1. The van der Waals surface area contributed by atoms with Gasteiger partial charge in [0.2, 0.25) is 0 Å². The van der Waals surface area contributed by atoms with Gasteiger partial charge in [0.1, 0.15) is 0 Å². The third-order valence-electron chi connectivity index (χ3n) is 1.56. The first-order valence-electron chi connectivity index (χ1n) is 3.64. The molecule has 0 unspecified atom stereocenters. The van der Waals surface area contributed by atoms with Crippen molar-refractivity contribution in [2.24, 2.45) is 0 Å². The Hall–Kier alpha value is -1.24. The number of aryl methyl sites for hydroxylation is 1. The second kappa shape index (κ2) is 3.24. The highest BCUT2D eigenvalue weighted by molar-refractivity contribution is 5.52. The zero-order chi connectivity index (χ0) is 8.27. The lowest BCUT2D eigenvalue weighted by Gasteiger charge is -1.96. The van der Waals surface area contributed by atoms with E-state index in [9.17, 15) is 5.11 Å². The monoisotopic (exact) mass is 147 g/mol. The summed E-state index contributed by atoms with van der Waals surface area (Å²) in [7, 11) is 0. The van der Waals surface area contributed by atoms with Gasteiger partial charge >= 0.3 is 0 Å². The van der Waals surface area contributed by atoms with E-state index in [0.717, 1.165) is 11.1 Å². The van der Waals surface area contributed by atoms with Crippen LogP contribution in [-0.4, -0.2) is 0 Å². The minimum Gasteiger partial charge on any atom is -0.290 e. The summed E-state index contributed by atoms with van der Waals surface area (Å²) in [6.07, 6.45) is 3.94. The largest absolute Gasteiger partial charge is 0.290 e. The van der Waals surface area contributed by atoms with E-state index in [1.165, 1.54) is 0 Å². The maximum absolute atomic E-state index is 11.0. The molecule has 0 aromatic heterocycles. The molecule has 11 heavy (non-hydrogen) atoms. The maximum atomic E-state index is 11.0. The number of hydrogen-bond donors (Lipinski definition) is 0. The molecule has 0 heterocycles. The molecule has 0 fully saturated rings. The van der Waals surface area contributed by atoms with E-state index in [1.54, 1.807) is 6.07 Å². The highest BCUT2D eigenvalue weighted by Gasteiger charge is 1.95. The van der Waals surface area contributed by atoms with Gasteiger partial charge in [-0.1, -0.05) is 18.2 Å². The van der Waals surface area contributed by atoms with Gasteiger partial charge in [0.05, 0.1) is 0 Å². The molecular formula is C10H11O. The first-order chi connectivity index (χ1) is 5.24.